The average Bonchev–Trinajstić information content (AvgIpc) is 3.06. The molecule has 3 rings (SSSR count). The molecule has 0 aliphatic rings. The van der Waals surface area contributed by atoms with Crippen molar-refractivity contribution < 1.29 is 4.79 Å². The molecule has 2 aromatic heterocycles. The molecular weight excluding hydrogens is 336 g/mol. The number of halogens is 1. The van der Waals surface area contributed by atoms with Gasteiger partial charge in [-0.3, -0.25) is 9.78 Å². The number of nitrogens with zero attached hydrogens (tertiary/aromatic N) is 3. The number of benzene rings is 1. The third-order valence-corrected chi connectivity index (χ3v) is 4.08. The van der Waals surface area contributed by atoms with Crippen molar-refractivity contribution in [3.8, 4) is 5.69 Å². The van der Waals surface area contributed by atoms with Gasteiger partial charge in [0, 0.05) is 11.2 Å². The maximum Gasteiger partial charge on any atom is 0.255 e. The van der Waals surface area contributed by atoms with Crippen molar-refractivity contribution in [1.82, 2.24) is 20.1 Å². The molecule has 5 nitrogen and oxygen atoms in total. The van der Waals surface area contributed by atoms with Crippen molar-refractivity contribution in [2.24, 2.45) is 0 Å². The Morgan fingerprint density at radius 3 is 2.60 bits per heavy atom. The van der Waals surface area contributed by atoms with Crippen LogP contribution < -0.4 is 5.32 Å². The van der Waals surface area contributed by atoms with Crippen LogP contribution in [0.1, 0.15) is 41.5 Å². The standard InChI is InChI=1S/C19H19ClN4O/c1-13(2)18-17(19(25)22-11-15-5-3-4-10-21-15)12-23-24(18)16-8-6-14(20)7-9-16/h3-10,12-13H,11H2,1-2H3,(H,22,25). The molecule has 3 aromatic rings. The Bertz CT molecular complexity index is 857. The number of carbonyl (C=O) groups excluding carboxylic acids is 1. The largest absolute Gasteiger partial charge is 0.346 e. The molecule has 2 heterocycles. The van der Waals surface area contributed by atoms with Crippen molar-refractivity contribution in [3.05, 3.63) is 76.8 Å². The molecule has 0 atom stereocenters. The summed E-state index contributed by atoms with van der Waals surface area (Å²) in [6.45, 7) is 4.46. The molecule has 0 saturated heterocycles. The SMILES string of the molecule is CC(C)c1c(C(=O)NCc2ccccn2)cnn1-c1ccc(Cl)cc1. The molecule has 1 N–H and O–H groups in total. The van der Waals surface area contributed by atoms with Crippen molar-refractivity contribution >= 4 is 17.5 Å². The zero-order valence-electron chi connectivity index (χ0n) is 14.1. The first kappa shape index (κ1) is 17.2. The van der Waals surface area contributed by atoms with Crippen LogP contribution in [0.4, 0.5) is 0 Å². The van der Waals surface area contributed by atoms with Gasteiger partial charge in [-0.2, -0.15) is 5.10 Å². The van der Waals surface area contributed by atoms with Crippen LogP contribution in [0.2, 0.25) is 5.02 Å². The van der Waals surface area contributed by atoms with Crippen molar-refractivity contribution in [1.29, 1.82) is 0 Å². The third kappa shape index (κ3) is 3.88. The van der Waals surface area contributed by atoms with Crippen molar-refractivity contribution in [2.75, 3.05) is 0 Å². The summed E-state index contributed by atoms with van der Waals surface area (Å²) in [7, 11) is 0. The van der Waals surface area contributed by atoms with Crippen LogP contribution in [0.25, 0.3) is 5.69 Å². The lowest BCUT2D eigenvalue weighted by atomic mass is 10.0. The zero-order chi connectivity index (χ0) is 17.8. The van der Waals surface area contributed by atoms with Crippen LogP contribution in [0.5, 0.6) is 0 Å². The molecule has 0 radical (unpaired) electrons. The fourth-order valence-corrected chi connectivity index (χ4v) is 2.77. The number of carbonyl (C=O) groups is 1. The molecule has 25 heavy (non-hydrogen) atoms. The predicted octanol–water partition coefficient (Wildman–Crippen LogP) is 3.97. The first-order valence-electron chi connectivity index (χ1n) is 8.08. The van der Waals surface area contributed by atoms with Crippen LogP contribution >= 0.6 is 11.6 Å². The van der Waals surface area contributed by atoms with E-state index < -0.39 is 0 Å². The average molecular weight is 355 g/mol. The second kappa shape index (κ2) is 7.49. The molecule has 0 unspecified atom stereocenters. The smallest absolute Gasteiger partial charge is 0.255 e. The molecule has 0 aliphatic heterocycles. The molecule has 0 saturated carbocycles. The lowest BCUT2D eigenvalue weighted by Gasteiger charge is -2.13. The Labute approximate surface area is 151 Å². The van der Waals surface area contributed by atoms with Crippen LogP contribution in [0, 0.1) is 0 Å². The van der Waals surface area contributed by atoms with Crippen LogP contribution in [0.15, 0.2) is 54.9 Å². The summed E-state index contributed by atoms with van der Waals surface area (Å²) in [6.07, 6.45) is 3.32. The number of pyridine rings is 1. The Morgan fingerprint density at radius 2 is 1.96 bits per heavy atom. The summed E-state index contributed by atoms with van der Waals surface area (Å²) in [6, 6.07) is 13.0. The molecule has 0 bridgehead atoms. The minimum atomic E-state index is -0.158. The van der Waals surface area contributed by atoms with Crippen molar-refractivity contribution in [2.45, 2.75) is 26.3 Å². The Morgan fingerprint density at radius 1 is 1.20 bits per heavy atom. The quantitative estimate of drug-likeness (QED) is 0.754. The summed E-state index contributed by atoms with van der Waals surface area (Å²) in [4.78, 5) is 16.8. The second-order valence-electron chi connectivity index (χ2n) is 5.99. The van der Waals surface area contributed by atoms with E-state index in [1.54, 1.807) is 17.1 Å². The molecule has 0 aliphatic carbocycles. The van der Waals surface area contributed by atoms with Crippen LogP contribution in [0.3, 0.4) is 0 Å². The molecular formula is C19H19ClN4O. The van der Waals surface area contributed by atoms with E-state index in [9.17, 15) is 4.79 Å². The van der Waals surface area contributed by atoms with E-state index in [0.29, 0.717) is 17.1 Å². The highest BCUT2D eigenvalue weighted by molar-refractivity contribution is 6.30. The minimum absolute atomic E-state index is 0.133. The van der Waals surface area contributed by atoms with Gasteiger partial charge in [0.05, 0.1) is 35.4 Å². The lowest BCUT2D eigenvalue weighted by molar-refractivity contribution is 0.0949. The second-order valence-corrected chi connectivity index (χ2v) is 6.43. The van der Waals surface area contributed by atoms with Gasteiger partial charge in [-0.25, -0.2) is 4.68 Å². The summed E-state index contributed by atoms with van der Waals surface area (Å²) in [5.41, 5.74) is 3.12. The Hall–Kier alpha value is -2.66. The van der Waals surface area contributed by atoms with Gasteiger partial charge in [0.25, 0.3) is 5.91 Å². The monoisotopic (exact) mass is 354 g/mol. The molecule has 6 heteroatoms. The zero-order valence-corrected chi connectivity index (χ0v) is 14.9. The third-order valence-electron chi connectivity index (χ3n) is 3.83. The molecule has 0 fully saturated rings. The first-order chi connectivity index (χ1) is 12.1. The number of hydrogen-bond donors (Lipinski definition) is 1. The van der Waals surface area contributed by atoms with E-state index in [2.05, 4.69) is 15.4 Å². The summed E-state index contributed by atoms with van der Waals surface area (Å²) in [5.74, 6) is -0.0247. The first-order valence-corrected chi connectivity index (χ1v) is 8.46. The topological polar surface area (TPSA) is 59.8 Å². The number of aromatic nitrogens is 3. The fraction of sp³-hybridized carbons (Fsp3) is 0.211. The van der Waals surface area contributed by atoms with Crippen molar-refractivity contribution in [3.63, 3.8) is 0 Å². The van der Waals surface area contributed by atoms with Gasteiger partial charge in [-0.05, 0) is 42.3 Å². The maximum absolute atomic E-state index is 12.6. The van der Waals surface area contributed by atoms with Crippen LogP contribution in [-0.4, -0.2) is 20.7 Å². The summed E-state index contributed by atoms with van der Waals surface area (Å²) >= 11 is 5.96. The lowest BCUT2D eigenvalue weighted by Crippen LogP contribution is -2.24. The van der Waals surface area contributed by atoms with Gasteiger partial charge in [-0.1, -0.05) is 31.5 Å². The molecule has 128 valence electrons. The fourth-order valence-electron chi connectivity index (χ4n) is 2.65. The van der Waals surface area contributed by atoms with Gasteiger partial charge < -0.3 is 5.32 Å². The summed E-state index contributed by atoms with van der Waals surface area (Å²) < 4.78 is 1.79. The highest BCUT2D eigenvalue weighted by Crippen LogP contribution is 2.24. The number of nitrogens with one attached hydrogen (secondary N) is 1. The van der Waals surface area contributed by atoms with E-state index in [0.717, 1.165) is 17.1 Å². The number of hydrogen-bond acceptors (Lipinski definition) is 3. The van der Waals surface area contributed by atoms with Gasteiger partial charge in [0.2, 0.25) is 0 Å². The van der Waals surface area contributed by atoms with Gasteiger partial charge >= 0.3 is 0 Å². The normalized spacial score (nSPS) is 10.9. The van der Waals surface area contributed by atoms with E-state index >= 15 is 0 Å². The highest BCUT2D eigenvalue weighted by atomic mass is 35.5. The highest BCUT2D eigenvalue weighted by Gasteiger charge is 2.20. The number of rotatable bonds is 5. The molecule has 1 amide bonds. The number of amides is 1. The van der Waals surface area contributed by atoms with E-state index in [1.165, 1.54) is 0 Å². The van der Waals surface area contributed by atoms with Gasteiger partial charge in [0.1, 0.15) is 0 Å². The van der Waals surface area contributed by atoms with E-state index in [4.69, 9.17) is 11.6 Å². The van der Waals surface area contributed by atoms with Crippen LogP contribution in [-0.2, 0) is 6.54 Å². The molecule has 1 aromatic carbocycles. The Balaban J connectivity index is 1.86. The van der Waals surface area contributed by atoms with Gasteiger partial charge in [0.15, 0.2) is 0 Å². The minimum Gasteiger partial charge on any atom is -0.346 e. The van der Waals surface area contributed by atoms with Gasteiger partial charge in [-0.15, -0.1) is 0 Å². The molecule has 0 spiro atoms. The maximum atomic E-state index is 12.6. The summed E-state index contributed by atoms with van der Waals surface area (Å²) in [5, 5.41) is 7.98. The Kier molecular flexibility index (Phi) is 5.14. The predicted molar refractivity (Wildman–Crippen MR) is 98.1 cm³/mol. The van der Waals surface area contributed by atoms with E-state index in [1.807, 2.05) is 56.3 Å². The van der Waals surface area contributed by atoms with E-state index in [-0.39, 0.29) is 11.8 Å².